The van der Waals surface area contributed by atoms with Crippen molar-refractivity contribution in [3.63, 3.8) is 0 Å². The molecule has 1 fully saturated rings. The Bertz CT molecular complexity index is 1370. The number of nitrogens with zero attached hydrogens (tertiary/aromatic N) is 2. The number of amides is 1. The molecule has 4 aromatic rings. The Balaban J connectivity index is 1.52. The van der Waals surface area contributed by atoms with Gasteiger partial charge in [-0.25, -0.2) is 9.38 Å². The maximum absolute atomic E-state index is 13.8. The molecular weight excluding hydrogens is 397 g/mol. The van der Waals surface area contributed by atoms with Gasteiger partial charge in [0.25, 0.3) is 5.91 Å². The van der Waals surface area contributed by atoms with Crippen LogP contribution in [-0.2, 0) is 11.3 Å². The second kappa shape index (κ2) is 7.46. The van der Waals surface area contributed by atoms with Gasteiger partial charge in [-0.05, 0) is 60.7 Å². The zero-order valence-electron chi connectivity index (χ0n) is 16.2. The number of amidine groups is 1. The molecule has 0 bridgehead atoms. The largest absolute Gasteiger partial charge is 0.341 e. The predicted octanol–water partition coefficient (Wildman–Crippen LogP) is 5.85. The van der Waals surface area contributed by atoms with E-state index >= 15 is 0 Å². The smallest absolute Gasteiger partial charge is 0.264 e. The summed E-state index contributed by atoms with van der Waals surface area (Å²) in [7, 11) is 0. The lowest BCUT2D eigenvalue weighted by Gasteiger charge is -2.03. The van der Waals surface area contributed by atoms with E-state index in [-0.39, 0.29) is 11.6 Å². The lowest BCUT2D eigenvalue weighted by atomic mass is 10.1. The standard InChI is InChI=1S/C24H18FN3OS/c1-2-28-20-10-6-3-7-16(20)17-13-15(11-12-21(17)28)14-22-23(29)27-24(30-22)26-19-9-5-4-8-18(19)25/h3-14H,2H2,1H3,(H,26,27,29)/b22-14-. The van der Waals surface area contributed by atoms with Crippen LogP contribution in [0.15, 0.2) is 76.6 Å². The number of aliphatic imine (C=N–C) groups is 1. The molecule has 1 aromatic heterocycles. The predicted molar refractivity (Wildman–Crippen MR) is 122 cm³/mol. The van der Waals surface area contributed by atoms with Crippen molar-refractivity contribution in [1.29, 1.82) is 0 Å². The van der Waals surface area contributed by atoms with Crippen LogP contribution in [0.5, 0.6) is 0 Å². The van der Waals surface area contributed by atoms with Crippen molar-refractivity contribution in [2.45, 2.75) is 13.5 Å². The van der Waals surface area contributed by atoms with Gasteiger partial charge < -0.3 is 9.88 Å². The van der Waals surface area contributed by atoms with E-state index in [0.717, 1.165) is 17.5 Å². The van der Waals surface area contributed by atoms with E-state index in [4.69, 9.17) is 0 Å². The first kappa shape index (κ1) is 18.6. The number of hydrogen-bond acceptors (Lipinski definition) is 3. The zero-order valence-corrected chi connectivity index (χ0v) is 17.0. The van der Waals surface area contributed by atoms with E-state index in [0.29, 0.717) is 10.1 Å². The number of para-hydroxylation sites is 2. The van der Waals surface area contributed by atoms with Crippen LogP contribution in [0.1, 0.15) is 12.5 Å². The summed E-state index contributed by atoms with van der Waals surface area (Å²) in [5.74, 6) is -0.652. The van der Waals surface area contributed by atoms with Crippen LogP contribution in [0, 0.1) is 5.82 Å². The SMILES string of the molecule is CCn1c2ccccc2c2cc(/C=C3\SC(=Nc4ccccc4F)NC3=O)ccc21. The molecule has 2 heterocycles. The number of benzene rings is 3. The molecule has 3 aromatic carbocycles. The molecule has 0 unspecified atom stereocenters. The zero-order chi connectivity index (χ0) is 20.7. The quantitative estimate of drug-likeness (QED) is 0.427. The highest BCUT2D eigenvalue weighted by Crippen LogP contribution is 2.32. The minimum absolute atomic E-state index is 0.204. The number of fused-ring (bicyclic) bond motifs is 3. The number of aryl methyl sites for hydroxylation is 1. The summed E-state index contributed by atoms with van der Waals surface area (Å²) in [4.78, 5) is 17.2. The van der Waals surface area contributed by atoms with E-state index in [1.165, 1.54) is 34.2 Å². The van der Waals surface area contributed by atoms with Crippen molar-refractivity contribution < 1.29 is 9.18 Å². The van der Waals surface area contributed by atoms with Gasteiger partial charge >= 0.3 is 0 Å². The average molecular weight is 415 g/mol. The molecule has 1 amide bonds. The van der Waals surface area contributed by atoms with Gasteiger partial charge in [-0.3, -0.25) is 4.79 Å². The van der Waals surface area contributed by atoms with Crippen LogP contribution in [0.2, 0.25) is 0 Å². The first-order valence-corrected chi connectivity index (χ1v) is 10.5. The Hall–Kier alpha value is -3.38. The summed E-state index contributed by atoms with van der Waals surface area (Å²) in [5.41, 5.74) is 3.51. The number of hydrogen-bond donors (Lipinski definition) is 1. The second-order valence-corrected chi connectivity index (χ2v) is 8.00. The monoisotopic (exact) mass is 415 g/mol. The molecule has 148 valence electrons. The topological polar surface area (TPSA) is 46.4 Å². The van der Waals surface area contributed by atoms with Crippen molar-refractivity contribution in [3.05, 3.63) is 83.0 Å². The second-order valence-electron chi connectivity index (χ2n) is 6.97. The van der Waals surface area contributed by atoms with Crippen LogP contribution in [0.4, 0.5) is 10.1 Å². The Kier molecular flexibility index (Phi) is 4.64. The molecule has 0 atom stereocenters. The third-order valence-electron chi connectivity index (χ3n) is 5.14. The van der Waals surface area contributed by atoms with Crippen LogP contribution in [-0.4, -0.2) is 15.6 Å². The molecule has 30 heavy (non-hydrogen) atoms. The fraction of sp³-hybridized carbons (Fsp3) is 0.0833. The molecule has 0 saturated carbocycles. The van der Waals surface area contributed by atoms with E-state index < -0.39 is 5.82 Å². The average Bonchev–Trinajstić information content (AvgIpc) is 3.26. The first-order chi connectivity index (χ1) is 14.6. The summed E-state index contributed by atoms with van der Waals surface area (Å²) in [6.45, 7) is 3.02. The number of nitrogens with one attached hydrogen (secondary N) is 1. The molecule has 1 N–H and O–H groups in total. The fourth-order valence-electron chi connectivity index (χ4n) is 3.79. The van der Waals surface area contributed by atoms with Crippen LogP contribution in [0.3, 0.4) is 0 Å². The number of carbonyl (C=O) groups excluding carboxylic acids is 1. The maximum atomic E-state index is 13.8. The van der Waals surface area contributed by atoms with Crippen molar-refractivity contribution in [1.82, 2.24) is 9.88 Å². The van der Waals surface area contributed by atoms with Gasteiger partial charge in [-0.2, -0.15) is 0 Å². The van der Waals surface area contributed by atoms with Gasteiger partial charge in [-0.15, -0.1) is 0 Å². The summed E-state index contributed by atoms with van der Waals surface area (Å²) in [6.07, 6.45) is 1.85. The summed E-state index contributed by atoms with van der Waals surface area (Å²) in [6, 6.07) is 20.8. The third-order valence-corrected chi connectivity index (χ3v) is 6.05. The lowest BCUT2D eigenvalue weighted by molar-refractivity contribution is -0.115. The van der Waals surface area contributed by atoms with E-state index in [1.807, 2.05) is 24.3 Å². The molecule has 1 aliphatic rings. The Morgan fingerprint density at radius 3 is 2.63 bits per heavy atom. The van der Waals surface area contributed by atoms with E-state index in [9.17, 15) is 9.18 Å². The van der Waals surface area contributed by atoms with Gasteiger partial charge in [0, 0.05) is 28.4 Å². The third kappa shape index (κ3) is 3.19. The molecular formula is C24H18FN3OS. The summed E-state index contributed by atoms with van der Waals surface area (Å²) < 4.78 is 16.1. The Labute approximate surface area is 177 Å². The molecule has 4 nitrogen and oxygen atoms in total. The minimum atomic E-state index is -0.421. The molecule has 1 aliphatic heterocycles. The molecule has 0 spiro atoms. The highest BCUT2D eigenvalue weighted by Gasteiger charge is 2.24. The normalized spacial score (nSPS) is 16.8. The number of aromatic nitrogens is 1. The highest BCUT2D eigenvalue weighted by atomic mass is 32.2. The maximum Gasteiger partial charge on any atom is 0.264 e. The van der Waals surface area contributed by atoms with Crippen LogP contribution >= 0.6 is 11.8 Å². The van der Waals surface area contributed by atoms with E-state index in [2.05, 4.69) is 46.1 Å². The highest BCUT2D eigenvalue weighted by molar-refractivity contribution is 8.18. The van der Waals surface area contributed by atoms with Crippen molar-refractivity contribution >= 4 is 56.4 Å². The number of thioether (sulfide) groups is 1. The van der Waals surface area contributed by atoms with Crippen molar-refractivity contribution in [2.75, 3.05) is 0 Å². The van der Waals surface area contributed by atoms with Gasteiger partial charge in [0.05, 0.1) is 4.91 Å². The van der Waals surface area contributed by atoms with Gasteiger partial charge in [0.1, 0.15) is 11.5 Å². The van der Waals surface area contributed by atoms with Gasteiger partial charge in [0.15, 0.2) is 5.17 Å². The summed E-state index contributed by atoms with van der Waals surface area (Å²) in [5, 5.41) is 5.44. The molecule has 0 aliphatic carbocycles. The van der Waals surface area contributed by atoms with E-state index in [1.54, 1.807) is 18.2 Å². The summed E-state index contributed by atoms with van der Waals surface area (Å²) >= 11 is 1.21. The molecule has 0 radical (unpaired) electrons. The lowest BCUT2D eigenvalue weighted by Crippen LogP contribution is -2.19. The van der Waals surface area contributed by atoms with Crippen molar-refractivity contribution in [3.8, 4) is 0 Å². The Morgan fingerprint density at radius 2 is 1.80 bits per heavy atom. The van der Waals surface area contributed by atoms with Gasteiger partial charge in [-0.1, -0.05) is 36.4 Å². The Morgan fingerprint density at radius 1 is 1.03 bits per heavy atom. The minimum Gasteiger partial charge on any atom is -0.341 e. The van der Waals surface area contributed by atoms with Gasteiger partial charge in [0.2, 0.25) is 0 Å². The number of carbonyl (C=O) groups is 1. The van der Waals surface area contributed by atoms with Crippen LogP contribution in [0.25, 0.3) is 27.9 Å². The number of rotatable bonds is 3. The molecule has 1 saturated heterocycles. The molecule has 5 rings (SSSR count). The number of halogens is 1. The van der Waals surface area contributed by atoms with Crippen molar-refractivity contribution in [2.24, 2.45) is 4.99 Å². The molecule has 6 heteroatoms. The van der Waals surface area contributed by atoms with Crippen LogP contribution < -0.4 is 5.32 Å². The first-order valence-electron chi connectivity index (χ1n) is 9.69. The fourth-order valence-corrected chi connectivity index (χ4v) is 4.62.